The van der Waals surface area contributed by atoms with E-state index in [2.05, 4.69) is 20.3 Å². The predicted molar refractivity (Wildman–Crippen MR) is 89.5 cm³/mol. The van der Waals surface area contributed by atoms with Crippen LogP contribution in [0, 0.1) is 0 Å². The number of pyridine rings is 1. The molecule has 23 heavy (non-hydrogen) atoms. The number of ether oxygens (including phenoxy) is 1. The zero-order chi connectivity index (χ0) is 16.1. The summed E-state index contributed by atoms with van der Waals surface area (Å²) in [5.41, 5.74) is 7.46. The van der Waals surface area contributed by atoms with Crippen LogP contribution in [0.4, 0.5) is 11.5 Å². The summed E-state index contributed by atoms with van der Waals surface area (Å²) in [6.45, 7) is 0.560. The largest absolute Gasteiger partial charge is 0.435 e. The lowest BCUT2D eigenvalue weighted by molar-refractivity contribution is 0.462. The minimum absolute atomic E-state index is 0.284. The highest BCUT2D eigenvalue weighted by Crippen LogP contribution is 2.28. The molecule has 0 aliphatic rings. The molecule has 0 amide bonds. The Morgan fingerprint density at radius 2 is 1.96 bits per heavy atom. The van der Waals surface area contributed by atoms with Crippen LogP contribution >= 0.6 is 11.6 Å². The van der Waals surface area contributed by atoms with Gasteiger partial charge in [0.05, 0.1) is 6.20 Å². The van der Waals surface area contributed by atoms with E-state index >= 15 is 0 Å². The van der Waals surface area contributed by atoms with Crippen LogP contribution in [0.15, 0.2) is 55.1 Å². The second-order valence-electron chi connectivity index (χ2n) is 4.71. The van der Waals surface area contributed by atoms with Crippen molar-refractivity contribution in [3.8, 4) is 11.6 Å². The van der Waals surface area contributed by atoms with Crippen molar-refractivity contribution in [3.63, 3.8) is 0 Å². The fourth-order valence-corrected chi connectivity index (χ4v) is 2.03. The molecule has 2 heterocycles. The molecule has 3 N–H and O–H groups in total. The Kier molecular flexibility index (Phi) is 4.54. The van der Waals surface area contributed by atoms with Gasteiger partial charge in [-0.2, -0.15) is 4.98 Å². The monoisotopic (exact) mass is 327 g/mol. The number of aromatic nitrogens is 3. The number of anilines is 2. The summed E-state index contributed by atoms with van der Waals surface area (Å²) in [6.07, 6.45) is 4.64. The predicted octanol–water partition coefficient (Wildman–Crippen LogP) is 3.51. The summed E-state index contributed by atoms with van der Waals surface area (Å²) in [4.78, 5) is 12.2. The van der Waals surface area contributed by atoms with Gasteiger partial charge in [-0.05, 0) is 29.8 Å². The van der Waals surface area contributed by atoms with Crippen LogP contribution in [0.2, 0.25) is 5.02 Å². The number of nitrogens with zero attached hydrogens (tertiary/aromatic N) is 3. The summed E-state index contributed by atoms with van der Waals surface area (Å²) in [5, 5.41) is 3.86. The van der Waals surface area contributed by atoms with Crippen molar-refractivity contribution in [2.45, 2.75) is 6.54 Å². The van der Waals surface area contributed by atoms with Gasteiger partial charge in [0.1, 0.15) is 17.8 Å². The molecular weight excluding hydrogens is 314 g/mol. The zero-order valence-corrected chi connectivity index (χ0v) is 12.9. The summed E-state index contributed by atoms with van der Waals surface area (Å²) >= 11 is 5.87. The van der Waals surface area contributed by atoms with Gasteiger partial charge in [-0.15, -0.1) is 0 Å². The number of halogens is 1. The Bertz CT molecular complexity index is 780. The minimum atomic E-state index is 0.284. The number of nitrogens with two attached hydrogens (primary N) is 1. The molecule has 0 fully saturated rings. The second kappa shape index (κ2) is 6.93. The van der Waals surface area contributed by atoms with Crippen molar-refractivity contribution in [1.29, 1.82) is 0 Å². The average molecular weight is 328 g/mol. The van der Waals surface area contributed by atoms with Crippen molar-refractivity contribution >= 4 is 23.1 Å². The van der Waals surface area contributed by atoms with Crippen molar-refractivity contribution in [3.05, 3.63) is 65.7 Å². The second-order valence-corrected chi connectivity index (χ2v) is 5.15. The smallest absolute Gasteiger partial charge is 0.248 e. The number of nitrogen functional groups attached to an aromatic ring is 1. The lowest BCUT2D eigenvalue weighted by atomic mass is 10.2. The molecule has 0 unspecified atom stereocenters. The van der Waals surface area contributed by atoms with E-state index in [0.717, 1.165) is 5.56 Å². The van der Waals surface area contributed by atoms with Crippen LogP contribution in [-0.4, -0.2) is 15.0 Å². The summed E-state index contributed by atoms with van der Waals surface area (Å²) in [6, 6.07) is 11.1. The molecule has 6 nitrogen and oxygen atoms in total. The van der Waals surface area contributed by atoms with Crippen LogP contribution < -0.4 is 15.8 Å². The van der Waals surface area contributed by atoms with Gasteiger partial charge in [-0.3, -0.25) is 4.98 Å². The maximum absolute atomic E-state index is 6.07. The number of nitrogens with one attached hydrogen (secondary N) is 1. The number of rotatable bonds is 5. The van der Waals surface area contributed by atoms with Crippen molar-refractivity contribution in [2.75, 3.05) is 11.1 Å². The van der Waals surface area contributed by atoms with Gasteiger partial charge >= 0.3 is 0 Å². The first-order valence-corrected chi connectivity index (χ1v) is 7.27. The molecule has 7 heteroatoms. The fraction of sp³-hybridized carbons (Fsp3) is 0.0625. The lowest BCUT2D eigenvalue weighted by Crippen LogP contribution is -2.06. The normalized spacial score (nSPS) is 10.3. The molecule has 3 rings (SSSR count). The number of hydrogen-bond donors (Lipinski definition) is 2. The molecule has 0 aliphatic heterocycles. The average Bonchev–Trinajstić information content (AvgIpc) is 2.58. The summed E-state index contributed by atoms with van der Waals surface area (Å²) in [5.74, 6) is 1.35. The quantitative estimate of drug-likeness (QED) is 0.745. The highest BCUT2D eigenvalue weighted by Gasteiger charge is 2.10. The van der Waals surface area contributed by atoms with E-state index in [0.29, 0.717) is 28.8 Å². The lowest BCUT2D eigenvalue weighted by Gasteiger charge is -2.11. The van der Waals surface area contributed by atoms with E-state index in [1.54, 1.807) is 24.5 Å². The van der Waals surface area contributed by atoms with E-state index in [9.17, 15) is 0 Å². The van der Waals surface area contributed by atoms with E-state index in [-0.39, 0.29) is 5.88 Å². The molecule has 0 saturated heterocycles. The maximum Gasteiger partial charge on any atom is 0.248 e. The molecule has 0 atom stereocenters. The molecule has 0 spiro atoms. The molecule has 3 aromatic rings. The maximum atomic E-state index is 6.07. The van der Waals surface area contributed by atoms with Crippen LogP contribution in [0.1, 0.15) is 5.56 Å². The summed E-state index contributed by atoms with van der Waals surface area (Å²) in [7, 11) is 0. The van der Waals surface area contributed by atoms with Gasteiger partial charge in [0, 0.05) is 17.8 Å². The zero-order valence-electron chi connectivity index (χ0n) is 12.1. The SMILES string of the molecule is Nc1c(NCc2ccc(Cl)cc2)ncnc1Oc1cccnc1. The van der Waals surface area contributed by atoms with Gasteiger partial charge in [0.25, 0.3) is 0 Å². The standard InChI is InChI=1S/C16H14ClN5O/c17-12-5-3-11(4-6-12)8-20-15-14(18)16(22-10-21-15)23-13-2-1-7-19-9-13/h1-7,9-10H,8,18H2,(H,20,21,22). The molecule has 116 valence electrons. The Labute approximate surface area is 138 Å². The van der Waals surface area contributed by atoms with Crippen molar-refractivity contribution in [1.82, 2.24) is 15.0 Å². The van der Waals surface area contributed by atoms with E-state index in [1.165, 1.54) is 6.33 Å². The first-order valence-electron chi connectivity index (χ1n) is 6.89. The summed E-state index contributed by atoms with van der Waals surface area (Å²) < 4.78 is 5.62. The fourth-order valence-electron chi connectivity index (χ4n) is 1.91. The molecule has 0 saturated carbocycles. The highest BCUT2D eigenvalue weighted by molar-refractivity contribution is 6.30. The molecule has 0 bridgehead atoms. The van der Waals surface area contributed by atoms with Crippen molar-refractivity contribution < 1.29 is 4.74 Å². The Morgan fingerprint density at radius 1 is 1.13 bits per heavy atom. The van der Waals surface area contributed by atoms with Gasteiger partial charge in [-0.1, -0.05) is 23.7 Å². The first kappa shape index (κ1) is 15.1. The topological polar surface area (TPSA) is 86.0 Å². The van der Waals surface area contributed by atoms with E-state index < -0.39 is 0 Å². The minimum Gasteiger partial charge on any atom is -0.435 e. The van der Waals surface area contributed by atoms with E-state index in [1.807, 2.05) is 24.3 Å². The number of hydrogen-bond acceptors (Lipinski definition) is 6. The third-order valence-electron chi connectivity index (χ3n) is 3.07. The van der Waals surface area contributed by atoms with Gasteiger partial charge in [-0.25, -0.2) is 4.98 Å². The molecule has 2 aromatic heterocycles. The highest BCUT2D eigenvalue weighted by atomic mass is 35.5. The van der Waals surface area contributed by atoms with Gasteiger partial charge in [0.2, 0.25) is 5.88 Å². The Balaban J connectivity index is 1.73. The first-order chi connectivity index (χ1) is 11.2. The van der Waals surface area contributed by atoms with Crippen LogP contribution in [0.25, 0.3) is 0 Å². The molecule has 0 aliphatic carbocycles. The van der Waals surface area contributed by atoms with Crippen LogP contribution in [0.3, 0.4) is 0 Å². The molecule has 1 aromatic carbocycles. The van der Waals surface area contributed by atoms with Crippen LogP contribution in [-0.2, 0) is 6.54 Å². The van der Waals surface area contributed by atoms with Gasteiger partial charge in [0.15, 0.2) is 5.82 Å². The third-order valence-corrected chi connectivity index (χ3v) is 3.32. The molecular formula is C16H14ClN5O. The number of benzene rings is 1. The molecule has 0 radical (unpaired) electrons. The van der Waals surface area contributed by atoms with Crippen molar-refractivity contribution in [2.24, 2.45) is 0 Å². The van der Waals surface area contributed by atoms with Gasteiger partial charge < -0.3 is 15.8 Å². The Morgan fingerprint density at radius 3 is 2.70 bits per heavy atom. The van der Waals surface area contributed by atoms with Crippen LogP contribution in [0.5, 0.6) is 11.6 Å². The van der Waals surface area contributed by atoms with E-state index in [4.69, 9.17) is 22.1 Å². The third kappa shape index (κ3) is 3.87. The Hall–Kier alpha value is -2.86.